The highest BCUT2D eigenvalue weighted by Crippen LogP contribution is 2.22. The predicted octanol–water partition coefficient (Wildman–Crippen LogP) is 3.00. The Morgan fingerprint density at radius 2 is 1.75 bits per heavy atom. The van der Waals surface area contributed by atoms with E-state index in [9.17, 15) is 8.42 Å². The first-order valence-electron chi connectivity index (χ1n) is 6.38. The molecule has 0 radical (unpaired) electrons. The summed E-state index contributed by atoms with van der Waals surface area (Å²) >= 11 is 11.6. The van der Waals surface area contributed by atoms with Crippen molar-refractivity contribution in [1.82, 2.24) is 9.62 Å². The third-order valence-electron chi connectivity index (χ3n) is 3.01. The zero-order valence-electron chi connectivity index (χ0n) is 11.9. The minimum Gasteiger partial charge on any atom is -0.304 e. The van der Waals surface area contributed by atoms with Crippen molar-refractivity contribution in [3.05, 3.63) is 28.2 Å². The van der Waals surface area contributed by atoms with E-state index in [2.05, 4.69) is 23.5 Å². The van der Waals surface area contributed by atoms with Crippen LogP contribution in [0.15, 0.2) is 23.1 Å². The second kappa shape index (κ2) is 7.61. The Morgan fingerprint density at radius 1 is 1.20 bits per heavy atom. The van der Waals surface area contributed by atoms with Gasteiger partial charge in [-0.05, 0) is 52.1 Å². The maximum absolute atomic E-state index is 12.1. The molecule has 0 saturated carbocycles. The van der Waals surface area contributed by atoms with Crippen molar-refractivity contribution in [1.29, 1.82) is 0 Å². The first-order chi connectivity index (χ1) is 9.22. The normalized spacial score (nSPS) is 12.3. The maximum Gasteiger partial charge on any atom is 0.240 e. The van der Waals surface area contributed by atoms with Gasteiger partial charge in [0.2, 0.25) is 10.0 Å². The van der Waals surface area contributed by atoms with E-state index in [0.717, 1.165) is 13.0 Å². The molecule has 0 aliphatic carbocycles. The van der Waals surface area contributed by atoms with Gasteiger partial charge in [-0.3, -0.25) is 0 Å². The maximum atomic E-state index is 12.1. The van der Waals surface area contributed by atoms with E-state index in [0.29, 0.717) is 22.6 Å². The Balaban J connectivity index is 2.58. The smallest absolute Gasteiger partial charge is 0.240 e. The predicted molar refractivity (Wildman–Crippen MR) is 84.0 cm³/mol. The van der Waals surface area contributed by atoms with Crippen molar-refractivity contribution in [2.45, 2.75) is 31.2 Å². The van der Waals surface area contributed by atoms with Crippen LogP contribution >= 0.6 is 23.2 Å². The molecule has 0 amide bonds. The summed E-state index contributed by atoms with van der Waals surface area (Å²) in [4.78, 5) is 2.25. The minimum atomic E-state index is -3.56. The van der Waals surface area contributed by atoms with Gasteiger partial charge in [0.25, 0.3) is 0 Å². The zero-order valence-corrected chi connectivity index (χ0v) is 14.2. The highest BCUT2D eigenvalue weighted by atomic mass is 35.5. The minimum absolute atomic E-state index is 0.0900. The topological polar surface area (TPSA) is 49.4 Å². The van der Waals surface area contributed by atoms with Crippen molar-refractivity contribution < 1.29 is 8.42 Å². The van der Waals surface area contributed by atoms with Crippen molar-refractivity contribution in [2.75, 3.05) is 20.1 Å². The SMILES string of the molecule is CC(C)N(C)CCCNS(=O)(=O)c1cc(Cl)cc(Cl)c1. The Bertz CT molecular complexity index is 527. The van der Waals surface area contributed by atoms with Gasteiger partial charge in [-0.15, -0.1) is 0 Å². The highest BCUT2D eigenvalue weighted by molar-refractivity contribution is 7.89. The Labute approximate surface area is 131 Å². The average molecular weight is 339 g/mol. The first-order valence-corrected chi connectivity index (χ1v) is 8.62. The number of halogens is 2. The number of benzene rings is 1. The molecular weight excluding hydrogens is 319 g/mol. The van der Waals surface area contributed by atoms with Crippen LogP contribution in [0.1, 0.15) is 20.3 Å². The number of hydrogen-bond donors (Lipinski definition) is 1. The molecule has 0 fully saturated rings. The molecule has 114 valence electrons. The molecule has 4 nitrogen and oxygen atoms in total. The summed E-state index contributed by atoms with van der Waals surface area (Å²) in [5.41, 5.74) is 0. The van der Waals surface area contributed by atoms with Crippen LogP contribution in [0.5, 0.6) is 0 Å². The molecule has 0 aliphatic rings. The van der Waals surface area contributed by atoms with E-state index in [4.69, 9.17) is 23.2 Å². The summed E-state index contributed by atoms with van der Waals surface area (Å²) in [5, 5.41) is 0.606. The number of rotatable bonds is 7. The molecule has 0 aromatic heterocycles. The molecular formula is C13H20Cl2N2O2S. The van der Waals surface area contributed by atoms with Crippen LogP contribution in [0.25, 0.3) is 0 Å². The molecule has 1 aromatic rings. The lowest BCUT2D eigenvalue weighted by Crippen LogP contribution is -2.31. The standard InChI is InChI=1S/C13H20Cl2N2O2S/c1-10(2)17(3)6-4-5-16-20(18,19)13-8-11(14)7-12(15)9-13/h7-10,16H,4-6H2,1-3H3. The van der Waals surface area contributed by atoms with Crippen LogP contribution in [0.4, 0.5) is 0 Å². The second-order valence-electron chi connectivity index (χ2n) is 4.93. The van der Waals surface area contributed by atoms with Crippen LogP contribution in [0, 0.1) is 0 Å². The molecule has 7 heteroatoms. The quantitative estimate of drug-likeness (QED) is 0.777. The highest BCUT2D eigenvalue weighted by Gasteiger charge is 2.15. The van der Waals surface area contributed by atoms with E-state index in [1.54, 1.807) is 0 Å². The molecule has 1 aromatic carbocycles. The van der Waals surface area contributed by atoms with Gasteiger partial charge >= 0.3 is 0 Å². The van der Waals surface area contributed by atoms with Crippen molar-refractivity contribution >= 4 is 33.2 Å². The molecule has 0 aliphatic heterocycles. The fourth-order valence-electron chi connectivity index (χ4n) is 1.56. The number of sulfonamides is 1. The van der Waals surface area contributed by atoms with Crippen LogP contribution in [-0.2, 0) is 10.0 Å². The molecule has 20 heavy (non-hydrogen) atoms. The van der Waals surface area contributed by atoms with E-state index in [1.165, 1.54) is 18.2 Å². The molecule has 0 unspecified atom stereocenters. The number of hydrogen-bond acceptors (Lipinski definition) is 3. The molecule has 0 spiro atoms. The molecule has 1 rings (SSSR count). The fraction of sp³-hybridized carbons (Fsp3) is 0.538. The van der Waals surface area contributed by atoms with Crippen LogP contribution < -0.4 is 4.72 Å². The molecule has 0 bridgehead atoms. The largest absolute Gasteiger partial charge is 0.304 e. The summed E-state index contributed by atoms with van der Waals surface area (Å²) in [6.45, 7) is 5.40. The van der Waals surface area contributed by atoms with Gasteiger partial charge < -0.3 is 4.90 Å². The van der Waals surface area contributed by atoms with Gasteiger partial charge in [0.05, 0.1) is 4.90 Å². The van der Waals surface area contributed by atoms with Crippen molar-refractivity contribution in [3.8, 4) is 0 Å². The lowest BCUT2D eigenvalue weighted by atomic mass is 10.3. The molecule has 0 saturated heterocycles. The van der Waals surface area contributed by atoms with E-state index in [1.807, 2.05) is 7.05 Å². The lowest BCUT2D eigenvalue weighted by Gasteiger charge is -2.20. The van der Waals surface area contributed by atoms with Gasteiger partial charge in [-0.25, -0.2) is 13.1 Å². The van der Waals surface area contributed by atoms with Gasteiger partial charge in [-0.1, -0.05) is 23.2 Å². The van der Waals surface area contributed by atoms with Gasteiger partial charge in [0.1, 0.15) is 0 Å². The van der Waals surface area contributed by atoms with Gasteiger partial charge in [0, 0.05) is 22.6 Å². The summed E-state index contributed by atoms with van der Waals surface area (Å²) in [7, 11) is -1.55. The fourth-order valence-corrected chi connectivity index (χ4v) is 3.36. The summed E-state index contributed by atoms with van der Waals surface area (Å²) < 4.78 is 26.7. The average Bonchev–Trinajstić information content (AvgIpc) is 2.33. The Morgan fingerprint density at radius 3 is 2.25 bits per heavy atom. The molecule has 0 atom stereocenters. The zero-order chi connectivity index (χ0) is 15.3. The molecule has 1 N–H and O–H groups in total. The lowest BCUT2D eigenvalue weighted by molar-refractivity contribution is 0.271. The number of nitrogens with one attached hydrogen (secondary N) is 1. The summed E-state index contributed by atoms with van der Waals surface area (Å²) in [6, 6.07) is 4.71. The molecule has 0 heterocycles. The number of nitrogens with zero attached hydrogens (tertiary/aromatic N) is 1. The summed E-state index contributed by atoms with van der Waals surface area (Å²) in [6.07, 6.45) is 0.738. The van der Waals surface area contributed by atoms with Crippen LogP contribution in [-0.4, -0.2) is 39.5 Å². The van der Waals surface area contributed by atoms with E-state index in [-0.39, 0.29) is 4.90 Å². The third kappa shape index (κ3) is 5.58. The van der Waals surface area contributed by atoms with E-state index < -0.39 is 10.0 Å². The van der Waals surface area contributed by atoms with Crippen LogP contribution in [0.3, 0.4) is 0 Å². The first kappa shape index (κ1) is 17.7. The monoisotopic (exact) mass is 338 g/mol. The third-order valence-corrected chi connectivity index (χ3v) is 4.88. The summed E-state index contributed by atoms with van der Waals surface area (Å²) in [5.74, 6) is 0. The Hall–Kier alpha value is -0.330. The van der Waals surface area contributed by atoms with Crippen molar-refractivity contribution in [2.24, 2.45) is 0 Å². The van der Waals surface area contributed by atoms with E-state index >= 15 is 0 Å². The van der Waals surface area contributed by atoms with Gasteiger partial charge in [0.15, 0.2) is 0 Å². The van der Waals surface area contributed by atoms with Crippen molar-refractivity contribution in [3.63, 3.8) is 0 Å². The Kier molecular flexibility index (Phi) is 6.75. The van der Waals surface area contributed by atoms with Gasteiger partial charge in [-0.2, -0.15) is 0 Å². The second-order valence-corrected chi connectivity index (χ2v) is 7.57. The van der Waals surface area contributed by atoms with Crippen LogP contribution in [0.2, 0.25) is 10.0 Å².